The molecule has 0 radical (unpaired) electrons. The molecule has 2 heterocycles. The average molecular weight is 650 g/mol. The molecule has 2 amide bonds. The van der Waals surface area contributed by atoms with Crippen molar-refractivity contribution < 1.29 is 34.1 Å². The number of likely N-dealkylation sites (tertiary alicyclic amines) is 1. The van der Waals surface area contributed by atoms with Gasteiger partial charge in [0.15, 0.2) is 6.61 Å². The molecule has 0 unspecified atom stereocenters. The van der Waals surface area contributed by atoms with Crippen molar-refractivity contribution in [2.45, 2.75) is 84.4 Å². The van der Waals surface area contributed by atoms with E-state index in [4.69, 9.17) is 15.2 Å². The number of aliphatic hydroxyl groups excluding tert-OH is 1. The minimum Gasteiger partial charge on any atom is -0.490 e. The minimum absolute atomic E-state index is 0.00626. The number of piperidine rings is 1. The Labute approximate surface area is 273 Å². The molecule has 4 atom stereocenters. The topological polar surface area (TPSA) is 170 Å². The molecule has 0 spiro atoms. The first-order chi connectivity index (χ1) is 21.9. The maximum Gasteiger partial charge on any atom is 0.295 e. The van der Waals surface area contributed by atoms with Crippen LogP contribution >= 0.6 is 0 Å². The molecule has 4 N–H and O–H groups in total. The van der Waals surface area contributed by atoms with E-state index in [-0.39, 0.29) is 30.2 Å². The first-order valence-electron chi connectivity index (χ1n) is 16.7. The van der Waals surface area contributed by atoms with Gasteiger partial charge >= 0.3 is 0 Å². The van der Waals surface area contributed by atoms with Gasteiger partial charge in [-0.05, 0) is 74.0 Å². The van der Waals surface area contributed by atoms with E-state index in [1.807, 2.05) is 13.8 Å². The number of hydrogen-bond donors (Lipinski definition) is 3. The molecule has 13 heteroatoms. The number of methoxy groups -OCH3 is 1. The number of anilines is 1. The zero-order chi connectivity index (χ0) is 33.8. The van der Waals surface area contributed by atoms with Crippen LogP contribution in [0.3, 0.4) is 0 Å². The molecular formula is C33H55N5O8. The van der Waals surface area contributed by atoms with Gasteiger partial charge in [-0.1, -0.05) is 33.8 Å². The summed E-state index contributed by atoms with van der Waals surface area (Å²) < 4.78 is 11.2. The third kappa shape index (κ3) is 11.3. The van der Waals surface area contributed by atoms with Crippen LogP contribution in [0.4, 0.5) is 5.69 Å². The molecule has 46 heavy (non-hydrogen) atoms. The van der Waals surface area contributed by atoms with Crippen molar-refractivity contribution in [3.8, 4) is 5.75 Å². The second kappa shape index (κ2) is 18.2. The molecule has 13 nitrogen and oxygen atoms in total. The second-order valence-corrected chi connectivity index (χ2v) is 13.4. The maximum absolute atomic E-state index is 13.3. The summed E-state index contributed by atoms with van der Waals surface area (Å²) in [6, 6.07) is 5.79. The zero-order valence-corrected chi connectivity index (χ0v) is 28.2. The van der Waals surface area contributed by atoms with Gasteiger partial charge in [-0.15, -0.1) is 10.1 Å². The van der Waals surface area contributed by atoms with Crippen molar-refractivity contribution in [3.63, 3.8) is 0 Å². The van der Waals surface area contributed by atoms with E-state index in [0.717, 1.165) is 37.4 Å². The summed E-state index contributed by atoms with van der Waals surface area (Å²) in [5.74, 6) is 0.485. The lowest BCUT2D eigenvalue weighted by Gasteiger charge is -2.34. The van der Waals surface area contributed by atoms with Gasteiger partial charge in [0, 0.05) is 51.4 Å². The fourth-order valence-electron chi connectivity index (χ4n) is 6.38. The first kappa shape index (κ1) is 37.3. The van der Waals surface area contributed by atoms with Crippen molar-refractivity contribution >= 4 is 17.5 Å². The SMILES string of the molecule is COCCCN1CCOc2ccc(C[C@@H](C[C@H](N)[C@@H](O)C[C@H](C(=O)NC3CCN(C(=O)CO[N+](=O)[O-])CC3)C(C)C)C(C)C)cc21. The van der Waals surface area contributed by atoms with E-state index in [9.17, 15) is 24.8 Å². The Morgan fingerprint density at radius 3 is 2.50 bits per heavy atom. The summed E-state index contributed by atoms with van der Waals surface area (Å²) in [6.45, 7) is 11.6. The number of rotatable bonds is 18. The van der Waals surface area contributed by atoms with Crippen LogP contribution in [0.2, 0.25) is 0 Å². The van der Waals surface area contributed by atoms with E-state index >= 15 is 0 Å². The molecule has 2 aliphatic rings. The zero-order valence-electron chi connectivity index (χ0n) is 28.2. The van der Waals surface area contributed by atoms with Gasteiger partial charge in [-0.3, -0.25) is 9.59 Å². The Hall–Kier alpha value is -3.16. The summed E-state index contributed by atoms with van der Waals surface area (Å²) in [7, 11) is 1.72. The molecule has 0 aliphatic carbocycles. The first-order valence-corrected chi connectivity index (χ1v) is 16.7. The van der Waals surface area contributed by atoms with Gasteiger partial charge in [0.25, 0.3) is 5.09 Å². The second-order valence-electron chi connectivity index (χ2n) is 13.4. The molecule has 260 valence electrons. The Kier molecular flexibility index (Phi) is 14.8. The third-order valence-electron chi connectivity index (χ3n) is 9.39. The number of carbonyl (C=O) groups is 2. The lowest BCUT2D eigenvalue weighted by atomic mass is 9.80. The predicted octanol–water partition coefficient (Wildman–Crippen LogP) is 2.79. The number of hydrogen-bond acceptors (Lipinski definition) is 10. The van der Waals surface area contributed by atoms with Gasteiger partial charge in [0.1, 0.15) is 12.4 Å². The highest BCUT2D eigenvalue weighted by Gasteiger charge is 2.32. The monoisotopic (exact) mass is 649 g/mol. The number of ether oxygens (including phenoxy) is 2. The molecule has 3 rings (SSSR count). The highest BCUT2D eigenvalue weighted by molar-refractivity contribution is 5.79. The fourth-order valence-corrected chi connectivity index (χ4v) is 6.38. The predicted molar refractivity (Wildman–Crippen MR) is 175 cm³/mol. The Morgan fingerprint density at radius 1 is 1.15 bits per heavy atom. The van der Waals surface area contributed by atoms with Crippen LogP contribution in [0.25, 0.3) is 0 Å². The van der Waals surface area contributed by atoms with Crippen LogP contribution in [-0.2, 0) is 25.6 Å². The Balaban J connectivity index is 1.54. The number of fused-ring (bicyclic) bond motifs is 1. The highest BCUT2D eigenvalue weighted by atomic mass is 16.9. The van der Waals surface area contributed by atoms with Crippen molar-refractivity contribution in [1.82, 2.24) is 10.2 Å². The molecule has 0 bridgehead atoms. The number of amides is 2. The molecule has 2 aliphatic heterocycles. The van der Waals surface area contributed by atoms with Crippen molar-refractivity contribution in [1.29, 1.82) is 0 Å². The fraction of sp³-hybridized carbons (Fsp3) is 0.758. The largest absolute Gasteiger partial charge is 0.490 e. The normalized spacial score (nSPS) is 18.0. The van der Waals surface area contributed by atoms with Crippen molar-refractivity contribution in [3.05, 3.63) is 33.9 Å². The van der Waals surface area contributed by atoms with Crippen molar-refractivity contribution in [2.75, 3.05) is 58.0 Å². The number of carbonyl (C=O) groups excluding carboxylic acids is 2. The molecule has 0 saturated carbocycles. The highest BCUT2D eigenvalue weighted by Crippen LogP contribution is 2.34. The lowest BCUT2D eigenvalue weighted by molar-refractivity contribution is -0.754. The molecule has 0 aromatic heterocycles. The molecule has 1 aromatic rings. The number of aliphatic hydroxyl groups is 1. The number of nitrogens with one attached hydrogen (secondary N) is 1. The Morgan fingerprint density at radius 2 is 1.87 bits per heavy atom. The smallest absolute Gasteiger partial charge is 0.295 e. The van der Waals surface area contributed by atoms with Crippen LogP contribution < -0.4 is 20.7 Å². The number of nitrogens with zero attached hydrogens (tertiary/aromatic N) is 3. The van der Waals surface area contributed by atoms with E-state index < -0.39 is 35.7 Å². The number of nitrogens with two attached hydrogens (primary N) is 1. The van der Waals surface area contributed by atoms with Crippen LogP contribution in [-0.4, -0.2) is 98.2 Å². The summed E-state index contributed by atoms with van der Waals surface area (Å²) in [5.41, 5.74) is 8.94. The van der Waals surface area contributed by atoms with Crippen LogP contribution in [0.1, 0.15) is 65.4 Å². The summed E-state index contributed by atoms with van der Waals surface area (Å²) >= 11 is 0. The lowest BCUT2D eigenvalue weighted by Crippen LogP contribution is -2.50. The maximum atomic E-state index is 13.3. The summed E-state index contributed by atoms with van der Waals surface area (Å²) in [4.78, 5) is 43.9. The van der Waals surface area contributed by atoms with Gasteiger partial charge in [0.2, 0.25) is 11.8 Å². The van der Waals surface area contributed by atoms with E-state index in [1.54, 1.807) is 7.11 Å². The van der Waals surface area contributed by atoms with Gasteiger partial charge in [-0.25, -0.2) is 0 Å². The van der Waals surface area contributed by atoms with Gasteiger partial charge in [0.05, 0.1) is 18.3 Å². The summed E-state index contributed by atoms with van der Waals surface area (Å²) in [6.07, 6.45) is 2.90. The summed E-state index contributed by atoms with van der Waals surface area (Å²) in [5, 5.41) is 23.7. The van der Waals surface area contributed by atoms with E-state index in [1.165, 1.54) is 10.5 Å². The third-order valence-corrected chi connectivity index (χ3v) is 9.39. The Bertz CT molecular complexity index is 1130. The minimum atomic E-state index is -0.982. The molecule has 1 saturated heterocycles. The van der Waals surface area contributed by atoms with Crippen molar-refractivity contribution in [2.24, 2.45) is 29.4 Å². The molecule has 1 fully saturated rings. The van der Waals surface area contributed by atoms with Crippen LogP contribution in [0.5, 0.6) is 5.75 Å². The number of benzene rings is 1. The van der Waals surface area contributed by atoms with Gasteiger partial charge in [-0.2, -0.15) is 0 Å². The van der Waals surface area contributed by atoms with Crippen LogP contribution in [0.15, 0.2) is 18.2 Å². The van der Waals surface area contributed by atoms with E-state index in [2.05, 4.69) is 47.1 Å². The molecule has 1 aromatic carbocycles. The van der Waals surface area contributed by atoms with Crippen LogP contribution in [0, 0.1) is 33.8 Å². The molecular weight excluding hydrogens is 594 g/mol. The van der Waals surface area contributed by atoms with Gasteiger partial charge < -0.3 is 40.3 Å². The standard InChI is InChI=1S/C33H55N5O8/c1-22(2)25(17-24-7-8-31-29(18-24)36(14-16-45-31)11-6-15-44-5)19-28(34)30(39)20-27(23(3)4)33(41)35-26-9-12-37(13-10-26)32(40)21-46-38(42)43/h7-8,18,22-23,25-28,30,39H,6,9-17,19-21,34H2,1-5H3,(H,35,41)/t25-,27-,28-,30-/m0/s1. The van der Waals surface area contributed by atoms with E-state index in [0.29, 0.717) is 51.5 Å². The quantitative estimate of drug-likeness (QED) is 0.122. The average Bonchev–Trinajstić information content (AvgIpc) is 3.02.